The average Bonchev–Trinajstić information content (AvgIpc) is 2.66. The number of ketones is 1. The standard InChI is InChI=1S/C23H25NO4S/c1-5-27-21(26)17-8-10-18(24-13-17)9-6-16-7-11-20-19(12-16)22(3,4)14-23(29,28-20)15(2)25/h7-8,10-11,13,16,29H,5,12,14H2,1-4H3. The molecule has 0 spiro atoms. The highest BCUT2D eigenvalue weighted by atomic mass is 32.1. The predicted molar refractivity (Wildman–Crippen MR) is 113 cm³/mol. The number of rotatable bonds is 3. The van der Waals surface area contributed by atoms with Crippen molar-refractivity contribution in [2.75, 3.05) is 6.61 Å². The molecule has 0 saturated heterocycles. The summed E-state index contributed by atoms with van der Waals surface area (Å²) in [5, 5.41) is 0. The minimum absolute atomic E-state index is 0.0212. The second kappa shape index (κ2) is 8.08. The lowest BCUT2D eigenvalue weighted by Gasteiger charge is -2.44. The number of hydrogen-bond donors (Lipinski definition) is 1. The Labute approximate surface area is 177 Å². The largest absolute Gasteiger partial charge is 0.469 e. The number of Topliss-reactive ketones (excluding diaryl/α,β-unsaturated/α-hetero) is 1. The summed E-state index contributed by atoms with van der Waals surface area (Å²) in [6, 6.07) is 3.38. The van der Waals surface area contributed by atoms with Crippen LogP contribution in [0.4, 0.5) is 0 Å². The lowest BCUT2D eigenvalue weighted by molar-refractivity contribution is -0.131. The van der Waals surface area contributed by atoms with Gasteiger partial charge in [-0.15, -0.1) is 12.6 Å². The van der Waals surface area contributed by atoms with Crippen molar-refractivity contribution in [2.45, 2.75) is 45.5 Å². The molecule has 0 aromatic carbocycles. The fraction of sp³-hybridized carbons (Fsp3) is 0.435. The fourth-order valence-electron chi connectivity index (χ4n) is 3.59. The molecule has 2 aliphatic rings. The number of hydrogen-bond acceptors (Lipinski definition) is 6. The molecule has 0 amide bonds. The third kappa shape index (κ3) is 4.56. The maximum Gasteiger partial charge on any atom is 0.339 e. The molecular formula is C23H25NO4S. The van der Waals surface area contributed by atoms with E-state index in [0.717, 1.165) is 17.8 Å². The van der Waals surface area contributed by atoms with E-state index in [0.29, 0.717) is 24.3 Å². The number of esters is 1. The van der Waals surface area contributed by atoms with Crippen LogP contribution >= 0.6 is 12.6 Å². The van der Waals surface area contributed by atoms with Crippen molar-refractivity contribution in [1.29, 1.82) is 0 Å². The summed E-state index contributed by atoms with van der Waals surface area (Å²) in [4.78, 5) is 26.8. The average molecular weight is 412 g/mol. The van der Waals surface area contributed by atoms with E-state index in [9.17, 15) is 9.59 Å². The molecule has 0 N–H and O–H groups in total. The fourth-order valence-corrected chi connectivity index (χ4v) is 4.08. The lowest BCUT2D eigenvalue weighted by atomic mass is 9.71. The molecule has 2 atom stereocenters. The molecular weight excluding hydrogens is 386 g/mol. The van der Waals surface area contributed by atoms with Gasteiger partial charge in [-0.1, -0.05) is 25.8 Å². The van der Waals surface area contributed by atoms with E-state index in [1.807, 2.05) is 12.2 Å². The van der Waals surface area contributed by atoms with Gasteiger partial charge in [0, 0.05) is 18.5 Å². The van der Waals surface area contributed by atoms with Crippen molar-refractivity contribution in [3.63, 3.8) is 0 Å². The Kier molecular flexibility index (Phi) is 5.90. The maximum atomic E-state index is 12.0. The molecule has 29 heavy (non-hydrogen) atoms. The number of carbonyl (C=O) groups excluding carboxylic acids is 2. The van der Waals surface area contributed by atoms with Crippen LogP contribution in [0.5, 0.6) is 0 Å². The van der Waals surface area contributed by atoms with Crippen LogP contribution in [0.15, 0.2) is 41.8 Å². The van der Waals surface area contributed by atoms with Gasteiger partial charge in [-0.25, -0.2) is 9.78 Å². The minimum atomic E-state index is -1.09. The number of pyridine rings is 1. The molecule has 2 heterocycles. The Morgan fingerprint density at radius 1 is 1.38 bits per heavy atom. The van der Waals surface area contributed by atoms with E-state index in [2.05, 4.69) is 43.3 Å². The van der Waals surface area contributed by atoms with Crippen LogP contribution in [0.3, 0.4) is 0 Å². The SMILES string of the molecule is CCOC(=O)c1ccc(C#CC2C=CC3=C(C2)C(C)(C)CC(S)(C(C)=O)O3)nc1. The first kappa shape index (κ1) is 21.2. The molecule has 1 aromatic rings. The van der Waals surface area contributed by atoms with E-state index in [1.165, 1.54) is 13.1 Å². The summed E-state index contributed by atoms with van der Waals surface area (Å²) in [6.45, 7) is 7.82. The summed E-state index contributed by atoms with van der Waals surface area (Å²) in [5.41, 5.74) is 1.93. The van der Waals surface area contributed by atoms with Crippen LogP contribution in [0.1, 0.15) is 56.6 Å². The van der Waals surface area contributed by atoms with Gasteiger partial charge in [0.2, 0.25) is 4.93 Å². The topological polar surface area (TPSA) is 65.5 Å². The quantitative estimate of drug-likeness (QED) is 0.461. The van der Waals surface area contributed by atoms with Gasteiger partial charge in [0.05, 0.1) is 12.2 Å². The van der Waals surface area contributed by atoms with Crippen molar-refractivity contribution in [2.24, 2.45) is 11.3 Å². The number of carbonyl (C=O) groups is 2. The van der Waals surface area contributed by atoms with Crippen molar-refractivity contribution < 1.29 is 19.1 Å². The van der Waals surface area contributed by atoms with Crippen LogP contribution in [0.25, 0.3) is 0 Å². The van der Waals surface area contributed by atoms with E-state index < -0.39 is 4.93 Å². The van der Waals surface area contributed by atoms with Crippen molar-refractivity contribution in [3.05, 3.63) is 53.1 Å². The smallest absolute Gasteiger partial charge is 0.339 e. The number of aromatic nitrogens is 1. The molecule has 1 aromatic heterocycles. The van der Waals surface area contributed by atoms with Gasteiger partial charge in [0.1, 0.15) is 11.5 Å². The Balaban J connectivity index is 1.74. The summed E-state index contributed by atoms with van der Waals surface area (Å²) in [7, 11) is 0. The molecule has 0 saturated carbocycles. The van der Waals surface area contributed by atoms with Crippen LogP contribution in [0.2, 0.25) is 0 Å². The summed E-state index contributed by atoms with van der Waals surface area (Å²) >= 11 is 4.51. The van der Waals surface area contributed by atoms with Gasteiger partial charge in [0.15, 0.2) is 5.78 Å². The second-order valence-electron chi connectivity index (χ2n) is 7.94. The number of nitrogens with zero attached hydrogens (tertiary/aromatic N) is 1. The van der Waals surface area contributed by atoms with E-state index in [4.69, 9.17) is 9.47 Å². The number of ether oxygens (including phenoxy) is 2. The van der Waals surface area contributed by atoms with Crippen LogP contribution < -0.4 is 0 Å². The zero-order chi connectivity index (χ0) is 21.2. The molecule has 6 heteroatoms. The van der Waals surface area contributed by atoms with E-state index in [-0.39, 0.29) is 23.1 Å². The van der Waals surface area contributed by atoms with Gasteiger partial charge in [-0.2, -0.15) is 0 Å². The zero-order valence-electron chi connectivity index (χ0n) is 17.1. The van der Waals surface area contributed by atoms with Crippen LogP contribution in [-0.4, -0.2) is 28.3 Å². The third-order valence-electron chi connectivity index (χ3n) is 5.19. The molecule has 5 nitrogen and oxygen atoms in total. The van der Waals surface area contributed by atoms with Gasteiger partial charge >= 0.3 is 5.97 Å². The highest BCUT2D eigenvalue weighted by Crippen LogP contribution is 2.50. The molecule has 2 unspecified atom stereocenters. The lowest BCUT2D eigenvalue weighted by Crippen LogP contribution is -2.44. The van der Waals surface area contributed by atoms with Gasteiger partial charge in [0.25, 0.3) is 0 Å². The van der Waals surface area contributed by atoms with Crippen LogP contribution in [0, 0.1) is 23.2 Å². The van der Waals surface area contributed by atoms with E-state index in [1.54, 1.807) is 19.1 Å². The highest BCUT2D eigenvalue weighted by molar-refractivity contribution is 7.82. The monoisotopic (exact) mass is 411 g/mol. The first-order valence-electron chi connectivity index (χ1n) is 9.63. The Morgan fingerprint density at radius 3 is 2.76 bits per heavy atom. The van der Waals surface area contributed by atoms with Gasteiger partial charge < -0.3 is 9.47 Å². The minimum Gasteiger partial charge on any atom is -0.469 e. The summed E-state index contributed by atoms with van der Waals surface area (Å²) < 4.78 is 10.9. The molecule has 3 rings (SSSR count). The maximum absolute atomic E-state index is 12.0. The van der Waals surface area contributed by atoms with E-state index >= 15 is 0 Å². The zero-order valence-corrected chi connectivity index (χ0v) is 18.0. The molecule has 1 aliphatic carbocycles. The second-order valence-corrected chi connectivity index (χ2v) is 8.66. The number of allylic oxidation sites excluding steroid dienone is 3. The van der Waals surface area contributed by atoms with Crippen LogP contribution in [-0.2, 0) is 14.3 Å². The number of thiol groups is 1. The summed E-state index contributed by atoms with van der Waals surface area (Å²) in [6.07, 6.45) is 6.60. The Hall–Kier alpha value is -2.52. The molecule has 1 aliphatic heterocycles. The molecule has 0 radical (unpaired) electrons. The third-order valence-corrected chi connectivity index (χ3v) is 5.75. The first-order valence-corrected chi connectivity index (χ1v) is 10.1. The first-order chi connectivity index (χ1) is 13.6. The molecule has 152 valence electrons. The Bertz CT molecular complexity index is 949. The van der Waals surface area contributed by atoms with Crippen molar-refractivity contribution >= 4 is 24.4 Å². The summed E-state index contributed by atoms with van der Waals surface area (Å²) in [5.74, 6) is 6.57. The molecule has 0 fully saturated rings. The van der Waals surface area contributed by atoms with Gasteiger partial charge in [-0.3, -0.25) is 4.79 Å². The predicted octanol–water partition coefficient (Wildman–Crippen LogP) is 4.10. The molecule has 0 bridgehead atoms. The normalized spacial score (nSPS) is 24.7. The Morgan fingerprint density at radius 2 is 2.14 bits per heavy atom. The van der Waals surface area contributed by atoms with Crippen molar-refractivity contribution in [1.82, 2.24) is 4.98 Å². The highest BCUT2D eigenvalue weighted by Gasteiger charge is 2.47. The van der Waals surface area contributed by atoms with Crippen molar-refractivity contribution in [3.8, 4) is 11.8 Å². The van der Waals surface area contributed by atoms with Gasteiger partial charge in [-0.05, 0) is 55.4 Å².